The summed E-state index contributed by atoms with van der Waals surface area (Å²) in [5.74, 6) is 1.99. The van der Waals surface area contributed by atoms with Gasteiger partial charge in [0.2, 0.25) is 5.91 Å². The van der Waals surface area contributed by atoms with E-state index in [4.69, 9.17) is 0 Å². The molecule has 1 aliphatic rings. The van der Waals surface area contributed by atoms with E-state index in [1.807, 2.05) is 42.1 Å². The minimum atomic E-state index is 0.140. The summed E-state index contributed by atoms with van der Waals surface area (Å²) in [6.45, 7) is 3.80. The SMILES string of the molecule is C[C@H]1CN(C(=O)CN(C)C)Cc2nnc(Cc3ccccc3)n21. The lowest BCUT2D eigenvalue weighted by molar-refractivity contribution is -0.133. The molecule has 122 valence electrons. The zero-order valence-electron chi connectivity index (χ0n) is 13.9. The van der Waals surface area contributed by atoms with E-state index in [-0.39, 0.29) is 11.9 Å². The fourth-order valence-electron chi connectivity index (χ4n) is 3.07. The minimum absolute atomic E-state index is 0.140. The Labute approximate surface area is 136 Å². The van der Waals surface area contributed by atoms with Gasteiger partial charge in [-0.15, -0.1) is 10.2 Å². The number of hydrogen-bond donors (Lipinski definition) is 0. The number of likely N-dealkylation sites (N-methyl/N-ethyl adjacent to an activating group) is 1. The van der Waals surface area contributed by atoms with Crippen LogP contribution in [-0.4, -0.2) is 57.7 Å². The number of carbonyl (C=O) groups is 1. The van der Waals surface area contributed by atoms with Gasteiger partial charge in [0.1, 0.15) is 5.82 Å². The van der Waals surface area contributed by atoms with Gasteiger partial charge < -0.3 is 14.4 Å². The molecule has 2 aromatic rings. The third-order valence-corrected chi connectivity index (χ3v) is 4.10. The molecule has 1 aromatic carbocycles. The normalized spacial score (nSPS) is 17.4. The van der Waals surface area contributed by atoms with Crippen molar-refractivity contribution < 1.29 is 4.79 Å². The lowest BCUT2D eigenvalue weighted by Crippen LogP contribution is -2.44. The van der Waals surface area contributed by atoms with Crippen molar-refractivity contribution in [3.8, 4) is 0 Å². The van der Waals surface area contributed by atoms with E-state index < -0.39 is 0 Å². The van der Waals surface area contributed by atoms with Gasteiger partial charge in [-0.3, -0.25) is 4.79 Å². The molecule has 6 heteroatoms. The first-order valence-electron chi connectivity index (χ1n) is 7.93. The Bertz CT molecular complexity index is 680. The fourth-order valence-corrected chi connectivity index (χ4v) is 3.07. The molecule has 0 radical (unpaired) electrons. The first-order chi connectivity index (χ1) is 11.0. The lowest BCUT2D eigenvalue weighted by Gasteiger charge is -2.33. The summed E-state index contributed by atoms with van der Waals surface area (Å²) >= 11 is 0. The molecule has 0 saturated carbocycles. The van der Waals surface area contributed by atoms with Crippen molar-refractivity contribution in [2.75, 3.05) is 27.2 Å². The first kappa shape index (κ1) is 15.7. The Morgan fingerprint density at radius 2 is 2.00 bits per heavy atom. The molecule has 0 N–H and O–H groups in total. The van der Waals surface area contributed by atoms with Gasteiger partial charge in [-0.1, -0.05) is 30.3 Å². The van der Waals surface area contributed by atoms with Crippen LogP contribution in [0.5, 0.6) is 0 Å². The highest BCUT2D eigenvalue weighted by molar-refractivity contribution is 5.78. The summed E-state index contributed by atoms with van der Waals surface area (Å²) in [6.07, 6.45) is 0.768. The van der Waals surface area contributed by atoms with Gasteiger partial charge in [0, 0.05) is 13.0 Å². The molecule has 1 atom stereocenters. The highest BCUT2D eigenvalue weighted by atomic mass is 16.2. The average Bonchev–Trinajstić information content (AvgIpc) is 2.91. The molecule has 6 nitrogen and oxygen atoms in total. The molecule has 0 unspecified atom stereocenters. The van der Waals surface area contributed by atoms with Gasteiger partial charge in [-0.2, -0.15) is 0 Å². The predicted octanol–water partition coefficient (Wildman–Crippen LogP) is 1.33. The molecule has 23 heavy (non-hydrogen) atoms. The van der Waals surface area contributed by atoms with Crippen molar-refractivity contribution in [1.29, 1.82) is 0 Å². The zero-order chi connectivity index (χ0) is 16.4. The Hall–Kier alpha value is -2.21. The van der Waals surface area contributed by atoms with E-state index in [1.165, 1.54) is 5.56 Å². The summed E-state index contributed by atoms with van der Waals surface area (Å²) in [6, 6.07) is 10.5. The van der Waals surface area contributed by atoms with Crippen LogP contribution in [0.3, 0.4) is 0 Å². The number of rotatable bonds is 4. The summed E-state index contributed by atoms with van der Waals surface area (Å²) in [5, 5.41) is 8.68. The van der Waals surface area contributed by atoms with Crippen LogP contribution in [0.2, 0.25) is 0 Å². The molecular formula is C17H23N5O. The Morgan fingerprint density at radius 1 is 1.26 bits per heavy atom. The molecule has 0 saturated heterocycles. The largest absolute Gasteiger partial charge is 0.332 e. The third kappa shape index (κ3) is 3.42. The molecule has 1 aromatic heterocycles. The zero-order valence-corrected chi connectivity index (χ0v) is 13.9. The summed E-state index contributed by atoms with van der Waals surface area (Å²) in [7, 11) is 3.82. The Kier molecular flexibility index (Phi) is 4.43. The number of hydrogen-bond acceptors (Lipinski definition) is 4. The van der Waals surface area contributed by atoms with Gasteiger partial charge in [0.25, 0.3) is 0 Å². The second-order valence-electron chi connectivity index (χ2n) is 6.43. The van der Waals surface area contributed by atoms with Gasteiger partial charge in [0.15, 0.2) is 5.82 Å². The van der Waals surface area contributed by atoms with Crippen LogP contribution in [0, 0.1) is 0 Å². The molecule has 1 amide bonds. The van der Waals surface area contributed by atoms with Crippen molar-refractivity contribution >= 4 is 5.91 Å². The topological polar surface area (TPSA) is 54.3 Å². The average molecular weight is 313 g/mol. The number of fused-ring (bicyclic) bond motifs is 1. The third-order valence-electron chi connectivity index (χ3n) is 4.10. The molecule has 0 bridgehead atoms. The predicted molar refractivity (Wildman–Crippen MR) is 88.0 cm³/mol. The Balaban J connectivity index is 1.78. The second-order valence-corrected chi connectivity index (χ2v) is 6.43. The highest BCUT2D eigenvalue weighted by Crippen LogP contribution is 2.23. The van der Waals surface area contributed by atoms with Gasteiger partial charge >= 0.3 is 0 Å². The maximum absolute atomic E-state index is 12.3. The molecular weight excluding hydrogens is 290 g/mol. The van der Waals surface area contributed by atoms with Crippen LogP contribution in [-0.2, 0) is 17.8 Å². The molecule has 1 aliphatic heterocycles. The quantitative estimate of drug-likeness (QED) is 0.854. The Morgan fingerprint density at radius 3 is 2.70 bits per heavy atom. The smallest absolute Gasteiger partial charge is 0.237 e. The number of carbonyl (C=O) groups excluding carboxylic acids is 1. The molecule has 3 rings (SSSR count). The minimum Gasteiger partial charge on any atom is -0.332 e. The van der Waals surface area contributed by atoms with Gasteiger partial charge in [0.05, 0.1) is 19.1 Å². The number of benzene rings is 1. The number of aromatic nitrogens is 3. The molecule has 0 aliphatic carbocycles. The van der Waals surface area contributed by atoms with Crippen LogP contribution in [0.25, 0.3) is 0 Å². The van der Waals surface area contributed by atoms with Crippen molar-refractivity contribution in [2.24, 2.45) is 0 Å². The van der Waals surface area contributed by atoms with E-state index in [0.717, 1.165) is 18.1 Å². The van der Waals surface area contributed by atoms with Crippen molar-refractivity contribution in [3.63, 3.8) is 0 Å². The van der Waals surface area contributed by atoms with Crippen LogP contribution in [0.15, 0.2) is 30.3 Å². The summed E-state index contributed by atoms with van der Waals surface area (Å²) in [5.41, 5.74) is 1.22. The standard InChI is InChI=1S/C17H23N5O/c1-13-10-21(17(23)12-20(2)3)11-16-19-18-15(22(13)16)9-14-7-5-4-6-8-14/h4-8,13H,9-12H2,1-3H3/t13-/m0/s1. The van der Waals surface area contributed by atoms with Gasteiger partial charge in [-0.25, -0.2) is 0 Å². The maximum Gasteiger partial charge on any atom is 0.237 e. The first-order valence-corrected chi connectivity index (χ1v) is 7.93. The summed E-state index contributed by atoms with van der Waals surface area (Å²) < 4.78 is 2.19. The van der Waals surface area contributed by atoms with E-state index in [2.05, 4.69) is 33.8 Å². The number of nitrogens with zero attached hydrogens (tertiary/aromatic N) is 5. The monoisotopic (exact) mass is 313 g/mol. The van der Waals surface area contributed by atoms with Crippen LogP contribution in [0.1, 0.15) is 30.2 Å². The molecule has 0 fully saturated rings. The van der Waals surface area contributed by atoms with E-state index in [0.29, 0.717) is 19.6 Å². The molecule has 2 heterocycles. The van der Waals surface area contributed by atoms with Gasteiger partial charge in [-0.05, 0) is 26.6 Å². The summed E-state index contributed by atoms with van der Waals surface area (Å²) in [4.78, 5) is 16.1. The molecule has 0 spiro atoms. The van der Waals surface area contributed by atoms with Crippen molar-refractivity contribution in [3.05, 3.63) is 47.5 Å². The highest BCUT2D eigenvalue weighted by Gasteiger charge is 2.29. The second kappa shape index (κ2) is 6.50. The number of amides is 1. The van der Waals surface area contributed by atoms with Crippen LogP contribution in [0.4, 0.5) is 0 Å². The van der Waals surface area contributed by atoms with E-state index >= 15 is 0 Å². The van der Waals surface area contributed by atoms with E-state index in [1.54, 1.807) is 0 Å². The van der Waals surface area contributed by atoms with Crippen LogP contribution < -0.4 is 0 Å². The lowest BCUT2D eigenvalue weighted by atomic mass is 10.1. The van der Waals surface area contributed by atoms with Crippen LogP contribution >= 0.6 is 0 Å². The van der Waals surface area contributed by atoms with Crippen molar-refractivity contribution in [1.82, 2.24) is 24.6 Å². The maximum atomic E-state index is 12.3. The van der Waals surface area contributed by atoms with Crippen molar-refractivity contribution in [2.45, 2.75) is 25.9 Å². The fraction of sp³-hybridized carbons (Fsp3) is 0.471. The van der Waals surface area contributed by atoms with E-state index in [9.17, 15) is 4.79 Å².